The molecule has 1 amide bonds. The van der Waals surface area contributed by atoms with Crippen LogP contribution in [0.2, 0.25) is 0 Å². The van der Waals surface area contributed by atoms with Crippen LogP contribution >= 0.6 is 0 Å². The Bertz CT molecular complexity index is 591. The van der Waals surface area contributed by atoms with Crippen molar-refractivity contribution in [2.75, 3.05) is 0 Å². The highest BCUT2D eigenvalue weighted by Crippen LogP contribution is 2.23. The van der Waals surface area contributed by atoms with Crippen molar-refractivity contribution in [2.24, 2.45) is 0 Å². The van der Waals surface area contributed by atoms with Gasteiger partial charge in [0.15, 0.2) is 0 Å². The molecule has 0 aliphatic heterocycles. The predicted molar refractivity (Wildman–Crippen MR) is 67.7 cm³/mol. The normalized spacial score (nSPS) is 12.8. The van der Waals surface area contributed by atoms with Crippen molar-refractivity contribution in [3.63, 3.8) is 0 Å². The zero-order valence-electron chi connectivity index (χ0n) is 11.0. The summed E-state index contributed by atoms with van der Waals surface area (Å²) in [4.78, 5) is 11.9. The zero-order chi connectivity index (χ0) is 15.5. The minimum atomic E-state index is -4.75. The molecule has 0 aliphatic carbocycles. The number of carbonyl (C=O) groups excluding carboxylic acids is 1. The topological polar surface area (TPSA) is 51.5 Å². The first-order valence-electron chi connectivity index (χ1n) is 6.05. The number of rotatable bonds is 4. The summed E-state index contributed by atoms with van der Waals surface area (Å²) < 4.78 is 44.9. The van der Waals surface area contributed by atoms with Crippen LogP contribution in [0.3, 0.4) is 0 Å². The molecule has 0 unspecified atom stereocenters. The van der Waals surface area contributed by atoms with Gasteiger partial charge in [0.25, 0.3) is 5.91 Å². The highest BCUT2D eigenvalue weighted by Gasteiger charge is 2.31. The Morgan fingerprint density at radius 1 is 1.24 bits per heavy atom. The maximum absolute atomic E-state index is 12.0. The van der Waals surface area contributed by atoms with Crippen molar-refractivity contribution in [1.82, 2.24) is 5.32 Å². The number of amides is 1. The van der Waals surface area contributed by atoms with Crippen molar-refractivity contribution in [1.29, 1.82) is 0 Å². The van der Waals surface area contributed by atoms with Crippen molar-refractivity contribution in [2.45, 2.75) is 19.3 Å². The number of alkyl halides is 3. The smallest absolute Gasteiger partial charge is 0.467 e. The van der Waals surface area contributed by atoms with E-state index in [-0.39, 0.29) is 17.4 Å². The number of benzene rings is 1. The molecule has 1 atom stereocenters. The van der Waals surface area contributed by atoms with Gasteiger partial charge in [-0.1, -0.05) is 0 Å². The van der Waals surface area contributed by atoms with E-state index in [1.165, 1.54) is 18.4 Å². The van der Waals surface area contributed by atoms with Crippen LogP contribution < -0.4 is 10.1 Å². The molecule has 1 aromatic heterocycles. The van der Waals surface area contributed by atoms with E-state index in [0.717, 1.165) is 12.1 Å². The maximum Gasteiger partial charge on any atom is 0.573 e. The van der Waals surface area contributed by atoms with Crippen molar-refractivity contribution in [3.05, 3.63) is 54.0 Å². The van der Waals surface area contributed by atoms with E-state index < -0.39 is 12.3 Å². The Morgan fingerprint density at radius 2 is 1.90 bits per heavy atom. The second kappa shape index (κ2) is 5.90. The highest BCUT2D eigenvalue weighted by atomic mass is 19.4. The summed E-state index contributed by atoms with van der Waals surface area (Å²) in [6, 6.07) is 7.74. The molecule has 0 bridgehead atoms. The SMILES string of the molecule is C[C@H](NC(=O)c1ccc(OC(F)(F)F)cc1)c1ccco1. The summed E-state index contributed by atoms with van der Waals surface area (Å²) in [5.74, 6) is -0.212. The summed E-state index contributed by atoms with van der Waals surface area (Å²) in [7, 11) is 0. The van der Waals surface area contributed by atoms with E-state index >= 15 is 0 Å². The molecule has 1 N–H and O–H groups in total. The van der Waals surface area contributed by atoms with Crippen LogP contribution in [-0.2, 0) is 0 Å². The second-order valence-electron chi connectivity index (χ2n) is 4.28. The average Bonchev–Trinajstić information content (AvgIpc) is 2.91. The Kier molecular flexibility index (Phi) is 4.21. The van der Waals surface area contributed by atoms with Gasteiger partial charge in [-0.15, -0.1) is 13.2 Å². The van der Waals surface area contributed by atoms with Crippen LogP contribution in [0.5, 0.6) is 5.75 Å². The quantitative estimate of drug-likeness (QED) is 0.937. The number of furan rings is 1. The van der Waals surface area contributed by atoms with E-state index in [1.807, 2.05) is 0 Å². The summed E-state index contributed by atoms with van der Waals surface area (Å²) in [6.07, 6.45) is -3.27. The molecule has 0 saturated heterocycles. The number of hydrogen-bond acceptors (Lipinski definition) is 3. The van der Waals surface area contributed by atoms with Gasteiger partial charge in [-0.05, 0) is 43.3 Å². The van der Waals surface area contributed by atoms with E-state index in [4.69, 9.17) is 4.42 Å². The van der Waals surface area contributed by atoms with Crippen molar-refractivity contribution in [3.8, 4) is 5.75 Å². The van der Waals surface area contributed by atoms with Gasteiger partial charge < -0.3 is 14.5 Å². The van der Waals surface area contributed by atoms with Crippen LogP contribution in [0.1, 0.15) is 29.1 Å². The van der Waals surface area contributed by atoms with Gasteiger partial charge in [0, 0.05) is 5.56 Å². The van der Waals surface area contributed by atoms with Crippen LogP contribution in [-0.4, -0.2) is 12.3 Å². The zero-order valence-corrected chi connectivity index (χ0v) is 11.0. The first kappa shape index (κ1) is 15.0. The van der Waals surface area contributed by atoms with Gasteiger partial charge in [-0.2, -0.15) is 0 Å². The molecule has 0 saturated carbocycles. The first-order chi connectivity index (χ1) is 9.85. The fraction of sp³-hybridized carbons (Fsp3) is 0.214. The lowest BCUT2D eigenvalue weighted by atomic mass is 10.2. The molecule has 0 fully saturated rings. The number of halogens is 3. The number of nitrogens with one attached hydrogen (secondary N) is 1. The van der Waals surface area contributed by atoms with E-state index in [0.29, 0.717) is 5.76 Å². The Labute approximate surface area is 118 Å². The van der Waals surface area contributed by atoms with E-state index in [1.54, 1.807) is 19.1 Å². The monoisotopic (exact) mass is 299 g/mol. The van der Waals surface area contributed by atoms with Gasteiger partial charge in [0.2, 0.25) is 0 Å². The minimum absolute atomic E-state index is 0.225. The lowest BCUT2D eigenvalue weighted by molar-refractivity contribution is -0.274. The van der Waals surface area contributed by atoms with Gasteiger partial charge >= 0.3 is 6.36 Å². The second-order valence-corrected chi connectivity index (χ2v) is 4.28. The molecule has 21 heavy (non-hydrogen) atoms. The molecule has 112 valence electrons. The van der Waals surface area contributed by atoms with Crippen molar-refractivity contribution < 1.29 is 27.1 Å². The standard InChI is InChI=1S/C14H12F3NO3/c1-9(12-3-2-8-20-12)18-13(19)10-4-6-11(7-5-10)21-14(15,16)17/h2-9H,1H3,(H,18,19)/t9-/m0/s1. The van der Waals surface area contributed by atoms with Crippen molar-refractivity contribution >= 4 is 5.91 Å². The first-order valence-corrected chi connectivity index (χ1v) is 6.05. The molecule has 1 aromatic carbocycles. The lowest BCUT2D eigenvalue weighted by Gasteiger charge is -2.12. The molecule has 1 heterocycles. The van der Waals surface area contributed by atoms with Crippen LogP contribution in [0.4, 0.5) is 13.2 Å². The molecule has 7 heteroatoms. The van der Waals surface area contributed by atoms with E-state index in [2.05, 4.69) is 10.1 Å². The highest BCUT2D eigenvalue weighted by molar-refractivity contribution is 5.94. The molecule has 0 spiro atoms. The molecular formula is C14H12F3NO3. The van der Waals surface area contributed by atoms with Gasteiger partial charge in [-0.3, -0.25) is 4.79 Å². The third kappa shape index (κ3) is 4.27. The summed E-state index contributed by atoms with van der Waals surface area (Å²) in [5, 5.41) is 2.67. The Balaban J connectivity index is 2.00. The number of ether oxygens (including phenoxy) is 1. The fourth-order valence-electron chi connectivity index (χ4n) is 1.70. The molecule has 2 rings (SSSR count). The summed E-state index contributed by atoms with van der Waals surface area (Å²) in [5.41, 5.74) is 0.225. The summed E-state index contributed by atoms with van der Waals surface area (Å²) in [6.45, 7) is 1.73. The third-order valence-corrected chi connectivity index (χ3v) is 2.67. The largest absolute Gasteiger partial charge is 0.573 e. The van der Waals surface area contributed by atoms with Crippen LogP contribution in [0.25, 0.3) is 0 Å². The fourth-order valence-corrected chi connectivity index (χ4v) is 1.70. The number of carbonyl (C=O) groups is 1. The van der Waals surface area contributed by atoms with Gasteiger partial charge in [0.05, 0.1) is 12.3 Å². The lowest BCUT2D eigenvalue weighted by Crippen LogP contribution is -2.26. The molecule has 0 radical (unpaired) electrons. The van der Waals surface area contributed by atoms with Gasteiger partial charge in [0.1, 0.15) is 11.5 Å². The Morgan fingerprint density at radius 3 is 2.43 bits per heavy atom. The predicted octanol–water partition coefficient (Wildman–Crippen LogP) is 3.67. The van der Waals surface area contributed by atoms with Gasteiger partial charge in [-0.25, -0.2) is 0 Å². The minimum Gasteiger partial charge on any atom is -0.467 e. The summed E-state index contributed by atoms with van der Waals surface area (Å²) >= 11 is 0. The van der Waals surface area contributed by atoms with Crippen LogP contribution in [0, 0.1) is 0 Å². The van der Waals surface area contributed by atoms with E-state index in [9.17, 15) is 18.0 Å². The maximum atomic E-state index is 12.0. The number of hydrogen-bond donors (Lipinski definition) is 1. The molecule has 2 aromatic rings. The molecule has 0 aliphatic rings. The molecular weight excluding hydrogens is 287 g/mol. The Hall–Kier alpha value is -2.44. The van der Waals surface area contributed by atoms with Crippen LogP contribution in [0.15, 0.2) is 47.1 Å². The average molecular weight is 299 g/mol. The molecule has 4 nitrogen and oxygen atoms in total. The third-order valence-electron chi connectivity index (χ3n) is 2.67.